The van der Waals surface area contributed by atoms with Crippen LogP contribution in [0.3, 0.4) is 0 Å². The van der Waals surface area contributed by atoms with Crippen LogP contribution in [0.1, 0.15) is 40.5 Å². The molecule has 3 nitrogen and oxygen atoms in total. The predicted molar refractivity (Wildman–Crippen MR) is 51.9 cm³/mol. The first kappa shape index (κ1) is 11.4. The second-order valence-electron chi connectivity index (χ2n) is 3.59. The lowest BCUT2D eigenvalue weighted by Gasteiger charge is -2.25. The van der Waals surface area contributed by atoms with Crippen molar-refractivity contribution in [1.82, 2.24) is 5.32 Å². The summed E-state index contributed by atoms with van der Waals surface area (Å²) in [5, 5.41) is 15.1. The number of nitrogens with one attached hydrogen (secondary N) is 1. The average molecular weight is 172 g/mol. The minimum Gasteiger partial charge on any atom is -0.411 e. The molecule has 0 spiro atoms. The van der Waals surface area contributed by atoms with Gasteiger partial charge in [0.25, 0.3) is 0 Å². The van der Waals surface area contributed by atoms with Crippen molar-refractivity contribution >= 4 is 5.71 Å². The molecule has 0 unspecified atom stereocenters. The number of unbranched alkanes of at least 4 members (excludes halogenated alkanes) is 1. The molecule has 0 amide bonds. The second kappa shape index (κ2) is 5.14. The zero-order valence-electron chi connectivity index (χ0n) is 8.52. The van der Waals surface area contributed by atoms with Gasteiger partial charge in [-0.05, 0) is 33.7 Å². The summed E-state index contributed by atoms with van der Waals surface area (Å²) in [6.45, 7) is 8.96. The second-order valence-corrected chi connectivity index (χ2v) is 3.59. The van der Waals surface area contributed by atoms with Crippen LogP contribution in [-0.2, 0) is 0 Å². The Morgan fingerprint density at radius 3 is 2.50 bits per heavy atom. The fraction of sp³-hybridized carbons (Fsp3) is 0.889. The molecule has 0 aliphatic rings. The lowest BCUT2D eigenvalue weighted by Crippen LogP contribution is -2.45. The van der Waals surface area contributed by atoms with Crippen LogP contribution in [0.2, 0.25) is 0 Å². The van der Waals surface area contributed by atoms with Crippen molar-refractivity contribution < 1.29 is 5.21 Å². The van der Waals surface area contributed by atoms with E-state index in [0.29, 0.717) is 0 Å². The average Bonchev–Trinajstić information content (AvgIpc) is 2.03. The summed E-state index contributed by atoms with van der Waals surface area (Å²) in [5.74, 6) is 0. The molecule has 2 N–H and O–H groups in total. The molecule has 0 fully saturated rings. The molecule has 0 aliphatic heterocycles. The SMILES string of the molecule is CCCCNC(C)(C)/C(C)=N\O. The first-order chi connectivity index (χ1) is 5.54. The van der Waals surface area contributed by atoms with E-state index in [9.17, 15) is 0 Å². The smallest absolute Gasteiger partial charge is 0.0734 e. The largest absolute Gasteiger partial charge is 0.411 e. The van der Waals surface area contributed by atoms with Crippen LogP contribution in [0, 0.1) is 0 Å². The van der Waals surface area contributed by atoms with Gasteiger partial charge in [-0.25, -0.2) is 0 Å². The van der Waals surface area contributed by atoms with Crippen molar-refractivity contribution in [2.75, 3.05) is 6.54 Å². The van der Waals surface area contributed by atoms with E-state index in [-0.39, 0.29) is 5.54 Å². The highest BCUT2D eigenvalue weighted by Crippen LogP contribution is 2.05. The Morgan fingerprint density at radius 2 is 2.08 bits per heavy atom. The zero-order chi connectivity index (χ0) is 9.61. The Bertz CT molecular complexity index is 153. The van der Waals surface area contributed by atoms with E-state index in [1.807, 2.05) is 20.8 Å². The molecular formula is C9H20N2O. The van der Waals surface area contributed by atoms with Gasteiger partial charge in [-0.2, -0.15) is 0 Å². The van der Waals surface area contributed by atoms with Crippen molar-refractivity contribution in [2.45, 2.75) is 46.1 Å². The third kappa shape index (κ3) is 3.72. The van der Waals surface area contributed by atoms with E-state index in [2.05, 4.69) is 17.4 Å². The van der Waals surface area contributed by atoms with Crippen LogP contribution in [0.25, 0.3) is 0 Å². The highest BCUT2D eigenvalue weighted by molar-refractivity contribution is 5.90. The molecule has 0 rings (SSSR count). The molecule has 0 saturated heterocycles. The van der Waals surface area contributed by atoms with Crippen LogP contribution in [0.4, 0.5) is 0 Å². The van der Waals surface area contributed by atoms with Crippen molar-refractivity contribution in [3.05, 3.63) is 0 Å². The van der Waals surface area contributed by atoms with Gasteiger partial charge in [0.15, 0.2) is 0 Å². The summed E-state index contributed by atoms with van der Waals surface area (Å²) in [5.41, 5.74) is 0.530. The molecule has 0 heterocycles. The van der Waals surface area contributed by atoms with E-state index in [0.717, 1.165) is 18.7 Å². The van der Waals surface area contributed by atoms with Gasteiger partial charge in [0, 0.05) is 0 Å². The van der Waals surface area contributed by atoms with Gasteiger partial charge in [0.05, 0.1) is 11.3 Å². The van der Waals surface area contributed by atoms with Crippen molar-refractivity contribution in [1.29, 1.82) is 0 Å². The molecule has 0 saturated carbocycles. The fourth-order valence-corrected chi connectivity index (χ4v) is 0.831. The Balaban J connectivity index is 3.87. The van der Waals surface area contributed by atoms with E-state index in [4.69, 9.17) is 5.21 Å². The lowest BCUT2D eigenvalue weighted by atomic mass is 9.99. The minimum atomic E-state index is -0.191. The van der Waals surface area contributed by atoms with Crippen LogP contribution in [0.15, 0.2) is 5.16 Å². The molecule has 12 heavy (non-hydrogen) atoms. The van der Waals surface area contributed by atoms with Gasteiger partial charge in [0.1, 0.15) is 0 Å². The van der Waals surface area contributed by atoms with Gasteiger partial charge in [-0.15, -0.1) is 0 Å². The molecule has 72 valence electrons. The standard InChI is InChI=1S/C9H20N2O/c1-5-6-7-10-9(3,4)8(2)11-12/h10,12H,5-7H2,1-4H3/b11-8-. The number of hydrogen-bond acceptors (Lipinski definition) is 3. The predicted octanol–water partition coefficient (Wildman–Crippen LogP) is 2.00. The minimum absolute atomic E-state index is 0.191. The van der Waals surface area contributed by atoms with Crippen molar-refractivity contribution in [3.8, 4) is 0 Å². The quantitative estimate of drug-likeness (QED) is 0.288. The Kier molecular flexibility index (Phi) is 4.90. The first-order valence-electron chi connectivity index (χ1n) is 4.48. The van der Waals surface area contributed by atoms with Crippen LogP contribution in [-0.4, -0.2) is 23.0 Å². The number of rotatable bonds is 5. The summed E-state index contributed by atoms with van der Waals surface area (Å²) in [7, 11) is 0. The maximum absolute atomic E-state index is 8.57. The van der Waals surface area contributed by atoms with E-state index >= 15 is 0 Å². The molecule has 0 bridgehead atoms. The number of hydrogen-bond donors (Lipinski definition) is 2. The van der Waals surface area contributed by atoms with Crippen molar-refractivity contribution in [2.24, 2.45) is 5.16 Å². The summed E-state index contributed by atoms with van der Waals surface area (Å²) in [4.78, 5) is 0. The monoisotopic (exact) mass is 172 g/mol. The van der Waals surface area contributed by atoms with Gasteiger partial charge >= 0.3 is 0 Å². The third-order valence-electron chi connectivity index (χ3n) is 2.15. The molecule has 0 aromatic rings. The summed E-state index contributed by atoms with van der Waals surface area (Å²) in [6, 6.07) is 0. The normalized spacial score (nSPS) is 13.5. The number of oxime groups is 1. The maximum Gasteiger partial charge on any atom is 0.0734 e. The molecular weight excluding hydrogens is 152 g/mol. The number of nitrogens with zero attached hydrogens (tertiary/aromatic N) is 1. The van der Waals surface area contributed by atoms with Crippen LogP contribution in [0.5, 0.6) is 0 Å². The highest BCUT2D eigenvalue weighted by Gasteiger charge is 2.20. The van der Waals surface area contributed by atoms with Crippen molar-refractivity contribution in [3.63, 3.8) is 0 Å². The fourth-order valence-electron chi connectivity index (χ4n) is 0.831. The molecule has 0 aromatic heterocycles. The van der Waals surface area contributed by atoms with E-state index in [1.165, 1.54) is 6.42 Å². The van der Waals surface area contributed by atoms with E-state index < -0.39 is 0 Å². The third-order valence-corrected chi connectivity index (χ3v) is 2.15. The molecule has 3 heteroatoms. The topological polar surface area (TPSA) is 44.6 Å². The Labute approximate surface area is 74.9 Å². The van der Waals surface area contributed by atoms with Gasteiger partial charge < -0.3 is 10.5 Å². The van der Waals surface area contributed by atoms with Crippen LogP contribution >= 0.6 is 0 Å². The molecule has 0 radical (unpaired) electrons. The maximum atomic E-state index is 8.57. The van der Waals surface area contributed by atoms with Crippen LogP contribution < -0.4 is 5.32 Å². The summed E-state index contributed by atoms with van der Waals surface area (Å²) < 4.78 is 0. The molecule has 0 aliphatic carbocycles. The Morgan fingerprint density at radius 1 is 1.50 bits per heavy atom. The Hall–Kier alpha value is -0.570. The van der Waals surface area contributed by atoms with Gasteiger partial charge in [-0.3, -0.25) is 0 Å². The molecule has 0 atom stereocenters. The summed E-state index contributed by atoms with van der Waals surface area (Å²) in [6.07, 6.45) is 2.33. The van der Waals surface area contributed by atoms with Gasteiger partial charge in [0.2, 0.25) is 0 Å². The summed E-state index contributed by atoms with van der Waals surface area (Å²) >= 11 is 0. The zero-order valence-corrected chi connectivity index (χ0v) is 8.52. The van der Waals surface area contributed by atoms with Gasteiger partial charge in [-0.1, -0.05) is 18.5 Å². The van der Waals surface area contributed by atoms with E-state index in [1.54, 1.807) is 0 Å². The molecule has 0 aromatic carbocycles. The highest BCUT2D eigenvalue weighted by atomic mass is 16.4. The first-order valence-corrected chi connectivity index (χ1v) is 4.48. The lowest BCUT2D eigenvalue weighted by molar-refractivity contribution is 0.310.